The zero-order chi connectivity index (χ0) is 20.5. The summed E-state index contributed by atoms with van der Waals surface area (Å²) in [6.07, 6.45) is 6.26. The Hall–Kier alpha value is -2.06. The number of thiocarbonyl (C=S) groups is 1. The molecule has 6 nitrogen and oxygen atoms in total. The van der Waals surface area contributed by atoms with Gasteiger partial charge in [0.1, 0.15) is 10.9 Å². The molecule has 1 aliphatic heterocycles. The number of ether oxygens (including phenoxy) is 3. The van der Waals surface area contributed by atoms with Gasteiger partial charge in [-0.2, -0.15) is 0 Å². The van der Waals surface area contributed by atoms with E-state index in [9.17, 15) is 9.59 Å². The third-order valence-corrected chi connectivity index (χ3v) is 5.51. The first kappa shape index (κ1) is 22.2. The number of nitrogens with zero attached hydrogens (tertiary/aromatic N) is 1. The van der Waals surface area contributed by atoms with E-state index >= 15 is 0 Å². The van der Waals surface area contributed by atoms with E-state index in [0.717, 1.165) is 30.2 Å². The van der Waals surface area contributed by atoms with Crippen molar-refractivity contribution in [2.75, 3.05) is 27.4 Å². The lowest BCUT2D eigenvalue weighted by atomic mass is 10.1. The van der Waals surface area contributed by atoms with Crippen LogP contribution < -0.4 is 9.47 Å². The average Bonchev–Trinajstić information content (AvgIpc) is 2.95. The van der Waals surface area contributed by atoms with Gasteiger partial charge in [0.15, 0.2) is 11.5 Å². The highest BCUT2D eigenvalue weighted by molar-refractivity contribution is 8.26. The maximum atomic E-state index is 12.5. The molecule has 0 saturated carbocycles. The number of carbonyl (C=O) groups excluding carboxylic acids is 2. The maximum absolute atomic E-state index is 12.5. The van der Waals surface area contributed by atoms with Crippen LogP contribution in [0.1, 0.15) is 38.2 Å². The summed E-state index contributed by atoms with van der Waals surface area (Å²) in [6.45, 7) is 2.63. The van der Waals surface area contributed by atoms with Crippen LogP contribution in [0.3, 0.4) is 0 Å². The number of amides is 1. The first-order chi connectivity index (χ1) is 13.5. The minimum absolute atomic E-state index is 0.188. The van der Waals surface area contributed by atoms with Gasteiger partial charge in [0.25, 0.3) is 5.91 Å². The van der Waals surface area contributed by atoms with Gasteiger partial charge in [0.05, 0.1) is 25.7 Å². The fourth-order valence-corrected chi connectivity index (χ4v) is 3.84. The van der Waals surface area contributed by atoms with Crippen LogP contribution in [-0.4, -0.2) is 48.5 Å². The first-order valence-corrected chi connectivity index (χ1v) is 10.4. The Bertz CT molecular complexity index is 763. The molecule has 0 aliphatic carbocycles. The Morgan fingerprint density at radius 3 is 2.68 bits per heavy atom. The van der Waals surface area contributed by atoms with E-state index in [1.807, 2.05) is 18.2 Å². The number of rotatable bonds is 10. The number of methoxy groups -OCH3 is 2. The standard InChI is InChI=1S/C20H25NO5S2/c1-4-5-6-7-10-26-15-9-8-14(11-16(15)24-2)12-17-19(23)21(20(27)28-17)13-18(22)25-3/h8-9,11-12H,4-7,10,13H2,1-3H3/b17-12+. The minimum atomic E-state index is -0.514. The van der Waals surface area contributed by atoms with Crippen molar-refractivity contribution in [3.05, 3.63) is 28.7 Å². The molecule has 8 heteroatoms. The van der Waals surface area contributed by atoms with E-state index in [1.165, 1.54) is 24.9 Å². The van der Waals surface area contributed by atoms with Crippen LogP contribution >= 0.6 is 24.0 Å². The summed E-state index contributed by atoms with van der Waals surface area (Å²) < 4.78 is 16.2. The van der Waals surface area contributed by atoms with Crippen LogP contribution in [-0.2, 0) is 14.3 Å². The van der Waals surface area contributed by atoms with Gasteiger partial charge in [-0.15, -0.1) is 0 Å². The molecule has 0 N–H and O–H groups in total. The Morgan fingerprint density at radius 1 is 1.21 bits per heavy atom. The molecule has 1 aromatic rings. The van der Waals surface area contributed by atoms with Crippen LogP contribution in [0.2, 0.25) is 0 Å². The normalized spacial score (nSPS) is 15.2. The van der Waals surface area contributed by atoms with Gasteiger partial charge in [-0.05, 0) is 30.2 Å². The lowest BCUT2D eigenvalue weighted by Crippen LogP contribution is -2.33. The number of carbonyl (C=O) groups is 2. The third-order valence-electron chi connectivity index (χ3n) is 4.13. The van der Waals surface area contributed by atoms with Gasteiger partial charge in [0.2, 0.25) is 0 Å². The van der Waals surface area contributed by atoms with Crippen molar-refractivity contribution in [2.45, 2.75) is 32.6 Å². The monoisotopic (exact) mass is 423 g/mol. The lowest BCUT2D eigenvalue weighted by molar-refractivity contribution is -0.143. The summed E-state index contributed by atoms with van der Waals surface area (Å²) >= 11 is 6.36. The van der Waals surface area contributed by atoms with Crippen molar-refractivity contribution < 1.29 is 23.8 Å². The molecule has 0 bridgehead atoms. The number of hydrogen-bond acceptors (Lipinski definition) is 7. The predicted molar refractivity (Wildman–Crippen MR) is 115 cm³/mol. The van der Waals surface area contributed by atoms with Crippen molar-refractivity contribution in [1.29, 1.82) is 0 Å². The molecule has 1 aromatic carbocycles. The molecule has 1 aliphatic rings. The predicted octanol–water partition coefficient (Wildman–Crippen LogP) is 4.03. The van der Waals surface area contributed by atoms with Crippen LogP contribution in [0.4, 0.5) is 0 Å². The molecule has 0 radical (unpaired) electrons. The van der Waals surface area contributed by atoms with Crippen LogP contribution in [0.15, 0.2) is 23.1 Å². The van der Waals surface area contributed by atoms with Crippen molar-refractivity contribution in [3.8, 4) is 11.5 Å². The zero-order valence-corrected chi connectivity index (χ0v) is 18.0. The largest absolute Gasteiger partial charge is 0.493 e. The highest BCUT2D eigenvalue weighted by Crippen LogP contribution is 2.34. The summed E-state index contributed by atoms with van der Waals surface area (Å²) in [4.78, 5) is 25.6. The van der Waals surface area contributed by atoms with E-state index in [4.69, 9.17) is 21.7 Å². The second-order valence-corrected chi connectivity index (χ2v) is 7.84. The molecule has 0 spiro atoms. The second kappa shape index (κ2) is 11.1. The quantitative estimate of drug-likeness (QED) is 0.244. The molecule has 1 fully saturated rings. The number of unbranched alkanes of at least 4 members (excludes halogenated alkanes) is 3. The van der Waals surface area contributed by atoms with Crippen molar-refractivity contribution in [2.24, 2.45) is 0 Å². The van der Waals surface area contributed by atoms with Crippen LogP contribution in [0.5, 0.6) is 11.5 Å². The summed E-state index contributed by atoms with van der Waals surface area (Å²) in [7, 11) is 2.86. The second-order valence-electron chi connectivity index (χ2n) is 6.16. The molecular formula is C20H25NO5S2. The Balaban J connectivity index is 2.08. The number of esters is 1. The molecular weight excluding hydrogens is 398 g/mol. The van der Waals surface area contributed by atoms with Crippen LogP contribution in [0.25, 0.3) is 6.08 Å². The average molecular weight is 424 g/mol. The number of thioether (sulfide) groups is 1. The van der Waals surface area contributed by atoms with Gasteiger partial charge >= 0.3 is 5.97 Å². The molecule has 152 valence electrons. The minimum Gasteiger partial charge on any atom is -0.493 e. The van der Waals surface area contributed by atoms with Crippen molar-refractivity contribution in [1.82, 2.24) is 4.90 Å². The van der Waals surface area contributed by atoms with E-state index in [2.05, 4.69) is 11.7 Å². The molecule has 1 heterocycles. The van der Waals surface area contributed by atoms with E-state index < -0.39 is 5.97 Å². The zero-order valence-electron chi connectivity index (χ0n) is 16.4. The summed E-state index contributed by atoms with van der Waals surface area (Å²) in [5.74, 6) is 0.457. The summed E-state index contributed by atoms with van der Waals surface area (Å²) in [5.41, 5.74) is 0.786. The van der Waals surface area contributed by atoms with E-state index in [0.29, 0.717) is 27.3 Å². The maximum Gasteiger partial charge on any atom is 0.325 e. The highest BCUT2D eigenvalue weighted by atomic mass is 32.2. The van der Waals surface area contributed by atoms with Crippen LogP contribution in [0, 0.1) is 0 Å². The Kier molecular flexibility index (Phi) is 8.79. The first-order valence-electron chi connectivity index (χ1n) is 9.13. The number of benzene rings is 1. The highest BCUT2D eigenvalue weighted by Gasteiger charge is 2.33. The molecule has 0 aromatic heterocycles. The van der Waals surface area contributed by atoms with Gasteiger partial charge in [-0.3, -0.25) is 14.5 Å². The lowest BCUT2D eigenvalue weighted by Gasteiger charge is -2.12. The van der Waals surface area contributed by atoms with Crippen molar-refractivity contribution in [3.63, 3.8) is 0 Å². The van der Waals surface area contributed by atoms with E-state index in [1.54, 1.807) is 13.2 Å². The molecule has 1 saturated heterocycles. The molecule has 1 amide bonds. The fourth-order valence-electron chi connectivity index (χ4n) is 2.59. The van der Waals surface area contributed by atoms with Gasteiger partial charge in [-0.1, -0.05) is 56.2 Å². The SMILES string of the molecule is CCCCCCOc1ccc(/C=C2/SC(=S)N(CC(=O)OC)C2=O)cc1OC. The summed E-state index contributed by atoms with van der Waals surface area (Å²) in [5, 5.41) is 0. The summed E-state index contributed by atoms with van der Waals surface area (Å²) in [6, 6.07) is 5.50. The van der Waals surface area contributed by atoms with Gasteiger partial charge in [0, 0.05) is 0 Å². The Labute approximate surface area is 175 Å². The van der Waals surface area contributed by atoms with Gasteiger partial charge in [-0.25, -0.2) is 0 Å². The fraction of sp³-hybridized carbons (Fsp3) is 0.450. The molecule has 0 atom stereocenters. The molecule has 0 unspecified atom stereocenters. The number of hydrogen-bond donors (Lipinski definition) is 0. The molecule has 28 heavy (non-hydrogen) atoms. The molecule has 2 rings (SSSR count). The Morgan fingerprint density at radius 2 is 2.00 bits per heavy atom. The smallest absolute Gasteiger partial charge is 0.325 e. The van der Waals surface area contributed by atoms with E-state index in [-0.39, 0.29) is 12.5 Å². The third kappa shape index (κ3) is 5.97. The van der Waals surface area contributed by atoms with Gasteiger partial charge < -0.3 is 14.2 Å². The van der Waals surface area contributed by atoms with Crippen molar-refractivity contribution >= 4 is 46.3 Å². The topological polar surface area (TPSA) is 65.1 Å².